The monoisotopic (exact) mass is 357 g/mol. The molecule has 0 saturated carbocycles. The average molecular weight is 357 g/mol. The summed E-state index contributed by atoms with van der Waals surface area (Å²) in [6.45, 7) is 6.22. The largest absolute Gasteiger partial charge is 0.493 e. The van der Waals surface area contributed by atoms with E-state index in [1.165, 1.54) is 25.2 Å². The Labute approximate surface area is 155 Å². The molecule has 26 heavy (non-hydrogen) atoms. The standard InChI is InChI=1S/C21H27NO4/c1-14-7-6-8-19(15(14)2)22(4)12-18(24)13-26-20-10-9-17(16(3)23)11-21(20)25-5/h6-11,18,24H,12-13H2,1-5H3. The van der Waals surface area contributed by atoms with Crippen LogP contribution in [-0.2, 0) is 0 Å². The summed E-state index contributed by atoms with van der Waals surface area (Å²) in [5.74, 6) is 0.948. The SMILES string of the molecule is COc1cc(C(C)=O)ccc1OCC(O)CN(C)c1cccc(C)c1C. The summed E-state index contributed by atoms with van der Waals surface area (Å²) in [7, 11) is 3.48. The van der Waals surface area contributed by atoms with Gasteiger partial charge in [-0.1, -0.05) is 12.1 Å². The molecule has 0 saturated heterocycles. The van der Waals surface area contributed by atoms with Gasteiger partial charge in [-0.2, -0.15) is 0 Å². The van der Waals surface area contributed by atoms with Crippen molar-refractivity contribution in [1.82, 2.24) is 0 Å². The highest BCUT2D eigenvalue weighted by atomic mass is 16.5. The molecule has 140 valence electrons. The average Bonchev–Trinajstić information content (AvgIpc) is 2.61. The molecule has 0 aliphatic rings. The quantitative estimate of drug-likeness (QED) is 0.734. The van der Waals surface area contributed by atoms with Crippen molar-refractivity contribution in [2.45, 2.75) is 26.9 Å². The van der Waals surface area contributed by atoms with Crippen LogP contribution in [0.4, 0.5) is 5.69 Å². The van der Waals surface area contributed by atoms with Gasteiger partial charge in [0.15, 0.2) is 17.3 Å². The van der Waals surface area contributed by atoms with Gasteiger partial charge in [0, 0.05) is 24.8 Å². The molecular weight excluding hydrogens is 330 g/mol. The normalized spacial score (nSPS) is 11.8. The molecular formula is C21H27NO4. The van der Waals surface area contributed by atoms with Crippen LogP contribution in [0.25, 0.3) is 0 Å². The molecule has 0 bridgehead atoms. The van der Waals surface area contributed by atoms with Crippen LogP contribution in [-0.4, -0.2) is 44.3 Å². The van der Waals surface area contributed by atoms with Crippen LogP contribution >= 0.6 is 0 Å². The molecule has 2 rings (SSSR count). The van der Waals surface area contributed by atoms with E-state index in [4.69, 9.17) is 9.47 Å². The van der Waals surface area contributed by atoms with Crippen molar-refractivity contribution >= 4 is 11.5 Å². The van der Waals surface area contributed by atoms with Crippen molar-refractivity contribution < 1.29 is 19.4 Å². The Kier molecular flexibility index (Phi) is 6.64. The molecule has 0 radical (unpaired) electrons. The summed E-state index contributed by atoms with van der Waals surface area (Å²) < 4.78 is 11.0. The number of aliphatic hydroxyl groups is 1. The van der Waals surface area contributed by atoms with Gasteiger partial charge < -0.3 is 19.5 Å². The lowest BCUT2D eigenvalue weighted by Crippen LogP contribution is -2.33. The molecule has 2 aromatic rings. The number of anilines is 1. The van der Waals surface area contributed by atoms with Gasteiger partial charge >= 0.3 is 0 Å². The minimum absolute atomic E-state index is 0.0370. The maximum absolute atomic E-state index is 11.5. The van der Waals surface area contributed by atoms with Crippen LogP contribution in [0.2, 0.25) is 0 Å². The van der Waals surface area contributed by atoms with Gasteiger partial charge in [-0.05, 0) is 56.2 Å². The number of carbonyl (C=O) groups excluding carboxylic acids is 1. The Balaban J connectivity index is 1.99. The van der Waals surface area contributed by atoms with Crippen LogP contribution in [0.15, 0.2) is 36.4 Å². The summed E-state index contributed by atoms with van der Waals surface area (Å²) in [5.41, 5.74) is 4.07. The third kappa shape index (κ3) is 4.76. The predicted octanol–water partition coefficient (Wildman–Crippen LogP) is 3.39. The van der Waals surface area contributed by atoms with Gasteiger partial charge in [-0.25, -0.2) is 0 Å². The fourth-order valence-corrected chi connectivity index (χ4v) is 2.81. The zero-order valence-corrected chi connectivity index (χ0v) is 16.1. The number of nitrogens with zero attached hydrogens (tertiary/aromatic N) is 1. The second kappa shape index (κ2) is 8.72. The maximum atomic E-state index is 11.5. The lowest BCUT2D eigenvalue weighted by atomic mass is 10.1. The van der Waals surface area contributed by atoms with Crippen molar-refractivity contribution in [3.05, 3.63) is 53.1 Å². The van der Waals surface area contributed by atoms with E-state index in [0.717, 1.165) is 5.69 Å². The smallest absolute Gasteiger partial charge is 0.161 e. The molecule has 0 aliphatic carbocycles. The van der Waals surface area contributed by atoms with Crippen LogP contribution in [0.3, 0.4) is 0 Å². The molecule has 1 unspecified atom stereocenters. The molecule has 1 N–H and O–H groups in total. The number of carbonyl (C=O) groups is 1. The zero-order valence-electron chi connectivity index (χ0n) is 16.1. The Morgan fingerprint density at radius 1 is 1.19 bits per heavy atom. The second-order valence-corrected chi connectivity index (χ2v) is 6.49. The maximum Gasteiger partial charge on any atom is 0.161 e. The first-order valence-electron chi connectivity index (χ1n) is 8.60. The van der Waals surface area contributed by atoms with E-state index in [2.05, 4.69) is 19.9 Å². The molecule has 0 spiro atoms. The van der Waals surface area contributed by atoms with E-state index in [9.17, 15) is 9.90 Å². The number of ether oxygens (including phenoxy) is 2. The van der Waals surface area contributed by atoms with Gasteiger partial charge in [-0.3, -0.25) is 4.79 Å². The van der Waals surface area contributed by atoms with Crippen LogP contribution in [0.1, 0.15) is 28.4 Å². The number of aliphatic hydroxyl groups excluding tert-OH is 1. The Hall–Kier alpha value is -2.53. The highest BCUT2D eigenvalue weighted by Gasteiger charge is 2.14. The fraction of sp³-hybridized carbons (Fsp3) is 0.381. The van der Waals surface area contributed by atoms with Gasteiger partial charge in [0.25, 0.3) is 0 Å². The van der Waals surface area contributed by atoms with Crippen molar-refractivity contribution in [3.8, 4) is 11.5 Å². The summed E-state index contributed by atoms with van der Waals surface area (Å²) in [4.78, 5) is 13.5. The van der Waals surface area contributed by atoms with E-state index < -0.39 is 6.10 Å². The Morgan fingerprint density at radius 3 is 2.58 bits per heavy atom. The third-order valence-corrected chi connectivity index (χ3v) is 4.47. The lowest BCUT2D eigenvalue weighted by Gasteiger charge is -2.25. The van der Waals surface area contributed by atoms with Crippen LogP contribution in [0, 0.1) is 13.8 Å². The summed E-state index contributed by atoms with van der Waals surface area (Å²) in [5, 5.41) is 10.3. The highest BCUT2D eigenvalue weighted by molar-refractivity contribution is 5.94. The molecule has 1 atom stereocenters. The second-order valence-electron chi connectivity index (χ2n) is 6.49. The highest BCUT2D eigenvalue weighted by Crippen LogP contribution is 2.28. The number of benzene rings is 2. The summed E-state index contributed by atoms with van der Waals surface area (Å²) >= 11 is 0. The lowest BCUT2D eigenvalue weighted by molar-refractivity contribution is 0.101. The molecule has 0 amide bonds. The fourth-order valence-electron chi connectivity index (χ4n) is 2.81. The third-order valence-electron chi connectivity index (χ3n) is 4.47. The molecule has 5 heteroatoms. The number of Topliss-reactive ketones (excluding diaryl/α,β-unsaturated/α-hetero) is 1. The molecule has 0 heterocycles. The van der Waals surface area contributed by atoms with Gasteiger partial charge in [0.1, 0.15) is 12.7 Å². The number of methoxy groups -OCH3 is 1. The van der Waals surface area contributed by atoms with Crippen molar-refractivity contribution in [3.63, 3.8) is 0 Å². The van der Waals surface area contributed by atoms with E-state index >= 15 is 0 Å². The first kappa shape index (κ1) is 19.8. The van der Waals surface area contributed by atoms with Gasteiger partial charge in [0.2, 0.25) is 0 Å². The zero-order chi connectivity index (χ0) is 19.3. The minimum atomic E-state index is -0.669. The summed E-state index contributed by atoms with van der Waals surface area (Å²) in [6.07, 6.45) is -0.669. The minimum Gasteiger partial charge on any atom is -0.493 e. The van der Waals surface area contributed by atoms with Crippen LogP contribution in [0.5, 0.6) is 11.5 Å². The molecule has 2 aromatic carbocycles. The molecule has 0 fully saturated rings. The molecule has 0 aromatic heterocycles. The van der Waals surface area contributed by atoms with Gasteiger partial charge in [-0.15, -0.1) is 0 Å². The number of hydrogen-bond acceptors (Lipinski definition) is 5. The number of likely N-dealkylation sites (N-methyl/N-ethyl adjacent to an activating group) is 1. The van der Waals surface area contributed by atoms with Gasteiger partial charge in [0.05, 0.1) is 7.11 Å². The predicted molar refractivity (Wildman–Crippen MR) is 104 cm³/mol. The number of rotatable bonds is 8. The van der Waals surface area contributed by atoms with E-state index in [-0.39, 0.29) is 12.4 Å². The number of hydrogen-bond donors (Lipinski definition) is 1. The first-order chi connectivity index (χ1) is 12.3. The topological polar surface area (TPSA) is 59.0 Å². The van der Waals surface area contributed by atoms with Crippen molar-refractivity contribution in [1.29, 1.82) is 0 Å². The molecule has 5 nitrogen and oxygen atoms in total. The first-order valence-corrected chi connectivity index (χ1v) is 8.60. The van der Waals surface area contributed by atoms with E-state index in [1.807, 2.05) is 24.1 Å². The number of aryl methyl sites for hydroxylation is 1. The summed E-state index contributed by atoms with van der Waals surface area (Å²) in [6, 6.07) is 11.2. The Morgan fingerprint density at radius 2 is 1.92 bits per heavy atom. The van der Waals surface area contributed by atoms with Crippen LogP contribution < -0.4 is 14.4 Å². The van der Waals surface area contributed by atoms with E-state index in [1.54, 1.807) is 18.2 Å². The van der Waals surface area contributed by atoms with Crippen molar-refractivity contribution in [2.75, 3.05) is 32.2 Å². The Bertz CT molecular complexity index is 773. The van der Waals surface area contributed by atoms with Crippen molar-refractivity contribution in [2.24, 2.45) is 0 Å². The number of ketones is 1. The van der Waals surface area contributed by atoms with E-state index in [0.29, 0.717) is 23.6 Å². The molecule has 0 aliphatic heterocycles.